The minimum absolute atomic E-state index is 0.264. The summed E-state index contributed by atoms with van der Waals surface area (Å²) in [6.45, 7) is 0.917. The smallest absolute Gasteiger partial charge is 0.220 e. The maximum atomic E-state index is 11.1. The average Bonchev–Trinajstić information content (AvgIpc) is 2.45. The minimum Gasteiger partial charge on any atom is -0.356 e. The molecular formula is C10H17NO. The maximum Gasteiger partial charge on any atom is 0.220 e. The van der Waals surface area contributed by atoms with Gasteiger partial charge in [-0.15, -0.1) is 0 Å². The normalized spacial score (nSPS) is 36.5. The minimum atomic E-state index is 0.264. The van der Waals surface area contributed by atoms with E-state index < -0.39 is 0 Å². The van der Waals surface area contributed by atoms with Gasteiger partial charge in [0.15, 0.2) is 0 Å². The van der Waals surface area contributed by atoms with Crippen molar-refractivity contribution < 1.29 is 4.79 Å². The van der Waals surface area contributed by atoms with Crippen molar-refractivity contribution in [2.24, 2.45) is 11.8 Å². The summed E-state index contributed by atoms with van der Waals surface area (Å²) < 4.78 is 0. The fourth-order valence-corrected chi connectivity index (χ4v) is 2.68. The van der Waals surface area contributed by atoms with Crippen LogP contribution in [0, 0.1) is 11.8 Å². The number of hydrogen-bond acceptors (Lipinski definition) is 1. The zero-order valence-corrected chi connectivity index (χ0v) is 7.51. The molecule has 1 saturated heterocycles. The summed E-state index contributed by atoms with van der Waals surface area (Å²) >= 11 is 0. The Balaban J connectivity index is 1.94. The molecule has 12 heavy (non-hydrogen) atoms. The first-order valence-corrected chi connectivity index (χ1v) is 5.13. The molecule has 2 rings (SSSR count). The van der Waals surface area contributed by atoms with Crippen molar-refractivity contribution in [2.45, 2.75) is 38.5 Å². The van der Waals surface area contributed by atoms with E-state index in [0.29, 0.717) is 0 Å². The van der Waals surface area contributed by atoms with Crippen LogP contribution in [0.15, 0.2) is 0 Å². The van der Waals surface area contributed by atoms with Gasteiger partial charge in [0.2, 0.25) is 5.91 Å². The van der Waals surface area contributed by atoms with Gasteiger partial charge in [-0.3, -0.25) is 4.79 Å². The lowest BCUT2D eigenvalue weighted by atomic mass is 9.88. The molecule has 2 unspecified atom stereocenters. The van der Waals surface area contributed by atoms with E-state index in [0.717, 1.165) is 31.2 Å². The summed E-state index contributed by atoms with van der Waals surface area (Å²) in [5.41, 5.74) is 0. The zero-order valence-electron chi connectivity index (χ0n) is 7.51. The second-order valence-electron chi connectivity index (χ2n) is 4.13. The molecule has 68 valence electrons. The zero-order chi connectivity index (χ0) is 8.39. The molecule has 2 heteroatoms. The molecule has 2 fully saturated rings. The van der Waals surface area contributed by atoms with Crippen molar-refractivity contribution in [2.75, 3.05) is 6.54 Å². The van der Waals surface area contributed by atoms with Crippen LogP contribution in [0.25, 0.3) is 0 Å². The Kier molecular flexibility index (Phi) is 2.33. The first-order valence-electron chi connectivity index (χ1n) is 5.13. The molecule has 0 aromatic rings. The number of nitrogens with one attached hydrogen (secondary N) is 1. The van der Waals surface area contributed by atoms with E-state index in [2.05, 4.69) is 5.32 Å². The van der Waals surface area contributed by atoms with E-state index in [-0.39, 0.29) is 5.91 Å². The van der Waals surface area contributed by atoms with E-state index in [9.17, 15) is 4.79 Å². The highest BCUT2D eigenvalue weighted by Crippen LogP contribution is 2.37. The Morgan fingerprint density at radius 1 is 1.08 bits per heavy atom. The van der Waals surface area contributed by atoms with Gasteiger partial charge < -0.3 is 5.32 Å². The molecule has 0 spiro atoms. The van der Waals surface area contributed by atoms with Crippen LogP contribution >= 0.6 is 0 Å². The van der Waals surface area contributed by atoms with Crippen LogP contribution in [0.3, 0.4) is 0 Å². The molecule has 0 aromatic heterocycles. The molecule has 0 radical (unpaired) electrons. The van der Waals surface area contributed by atoms with Crippen molar-refractivity contribution in [3.05, 3.63) is 0 Å². The molecule has 2 aliphatic rings. The SMILES string of the molecule is O=C1CCC2CCCC2CCN1. The molecule has 1 amide bonds. The number of carbonyl (C=O) groups is 1. The predicted molar refractivity (Wildman–Crippen MR) is 47.7 cm³/mol. The number of amides is 1. The van der Waals surface area contributed by atoms with Crippen molar-refractivity contribution in [3.63, 3.8) is 0 Å². The number of rotatable bonds is 0. The van der Waals surface area contributed by atoms with Crippen molar-refractivity contribution in [1.29, 1.82) is 0 Å². The topological polar surface area (TPSA) is 29.1 Å². The molecule has 0 bridgehead atoms. The highest BCUT2D eigenvalue weighted by molar-refractivity contribution is 5.75. The maximum absolute atomic E-state index is 11.1. The summed E-state index contributed by atoms with van der Waals surface area (Å²) in [5.74, 6) is 2.06. The summed E-state index contributed by atoms with van der Waals surface area (Å²) in [6, 6.07) is 0. The van der Waals surface area contributed by atoms with Crippen LogP contribution in [0.5, 0.6) is 0 Å². The largest absolute Gasteiger partial charge is 0.356 e. The summed E-state index contributed by atoms with van der Waals surface area (Å²) in [5, 5.41) is 2.96. The van der Waals surface area contributed by atoms with Crippen LogP contribution < -0.4 is 5.32 Å². The lowest BCUT2D eigenvalue weighted by Crippen LogP contribution is -2.29. The Labute approximate surface area is 73.7 Å². The van der Waals surface area contributed by atoms with Gasteiger partial charge in [-0.05, 0) is 24.7 Å². The third kappa shape index (κ3) is 1.62. The summed E-state index contributed by atoms with van der Waals surface area (Å²) in [4.78, 5) is 11.1. The summed E-state index contributed by atoms with van der Waals surface area (Å²) in [6.07, 6.45) is 7.29. The van der Waals surface area contributed by atoms with Gasteiger partial charge in [0.25, 0.3) is 0 Å². The van der Waals surface area contributed by atoms with Crippen LogP contribution in [0.4, 0.5) is 0 Å². The molecule has 1 aliphatic heterocycles. The predicted octanol–water partition coefficient (Wildman–Crippen LogP) is 1.70. The molecule has 1 N–H and O–H groups in total. The molecule has 1 aliphatic carbocycles. The lowest BCUT2D eigenvalue weighted by Gasteiger charge is -2.22. The average molecular weight is 167 g/mol. The van der Waals surface area contributed by atoms with Crippen LogP contribution in [0.2, 0.25) is 0 Å². The number of hydrogen-bond donors (Lipinski definition) is 1. The van der Waals surface area contributed by atoms with E-state index in [1.165, 1.54) is 25.7 Å². The lowest BCUT2D eigenvalue weighted by molar-refractivity contribution is -0.121. The fraction of sp³-hybridized carbons (Fsp3) is 0.900. The van der Waals surface area contributed by atoms with Gasteiger partial charge in [0.1, 0.15) is 0 Å². The summed E-state index contributed by atoms with van der Waals surface area (Å²) in [7, 11) is 0. The van der Waals surface area contributed by atoms with E-state index >= 15 is 0 Å². The third-order valence-corrected chi connectivity index (χ3v) is 3.40. The Hall–Kier alpha value is -0.530. The van der Waals surface area contributed by atoms with E-state index in [1.54, 1.807) is 0 Å². The van der Waals surface area contributed by atoms with Crippen LogP contribution in [-0.2, 0) is 4.79 Å². The van der Waals surface area contributed by atoms with Gasteiger partial charge in [-0.2, -0.15) is 0 Å². The van der Waals surface area contributed by atoms with Gasteiger partial charge >= 0.3 is 0 Å². The van der Waals surface area contributed by atoms with Gasteiger partial charge in [-0.25, -0.2) is 0 Å². The number of fused-ring (bicyclic) bond motifs is 1. The van der Waals surface area contributed by atoms with Crippen LogP contribution in [-0.4, -0.2) is 12.5 Å². The van der Waals surface area contributed by atoms with Gasteiger partial charge in [0, 0.05) is 13.0 Å². The van der Waals surface area contributed by atoms with Crippen molar-refractivity contribution >= 4 is 5.91 Å². The Morgan fingerprint density at radius 3 is 2.67 bits per heavy atom. The number of carbonyl (C=O) groups excluding carboxylic acids is 1. The first-order chi connectivity index (χ1) is 5.86. The third-order valence-electron chi connectivity index (χ3n) is 3.40. The highest BCUT2D eigenvalue weighted by Gasteiger charge is 2.28. The Bertz CT molecular complexity index is 179. The molecule has 1 heterocycles. The first kappa shape index (κ1) is 8.09. The van der Waals surface area contributed by atoms with Crippen LogP contribution in [0.1, 0.15) is 38.5 Å². The molecule has 2 nitrogen and oxygen atoms in total. The Morgan fingerprint density at radius 2 is 1.83 bits per heavy atom. The van der Waals surface area contributed by atoms with Crippen molar-refractivity contribution in [1.82, 2.24) is 5.32 Å². The van der Waals surface area contributed by atoms with Gasteiger partial charge in [-0.1, -0.05) is 19.3 Å². The van der Waals surface area contributed by atoms with Gasteiger partial charge in [0.05, 0.1) is 0 Å². The molecule has 1 saturated carbocycles. The second-order valence-corrected chi connectivity index (χ2v) is 4.13. The van der Waals surface area contributed by atoms with E-state index in [1.807, 2.05) is 0 Å². The molecule has 0 aromatic carbocycles. The highest BCUT2D eigenvalue weighted by atomic mass is 16.1. The van der Waals surface area contributed by atoms with Crippen molar-refractivity contribution in [3.8, 4) is 0 Å². The quantitative estimate of drug-likeness (QED) is 0.584. The second kappa shape index (κ2) is 3.46. The monoisotopic (exact) mass is 167 g/mol. The fourth-order valence-electron chi connectivity index (χ4n) is 2.68. The standard InChI is InChI=1S/C10H17NO/c12-10-5-4-8-2-1-3-9(8)6-7-11-10/h8-9H,1-7H2,(H,11,12). The van der Waals surface area contributed by atoms with E-state index in [4.69, 9.17) is 0 Å². The molecular weight excluding hydrogens is 150 g/mol. The molecule has 2 atom stereocenters.